The SMILES string of the molecule is C#CC(CC)N1CC2CNCC2C1. The maximum absolute atomic E-state index is 5.51. The number of nitrogens with one attached hydrogen (secondary N) is 1. The monoisotopic (exact) mass is 178 g/mol. The van der Waals surface area contributed by atoms with E-state index in [1.807, 2.05) is 0 Å². The minimum absolute atomic E-state index is 0.380. The highest BCUT2D eigenvalue weighted by atomic mass is 15.2. The molecule has 2 aliphatic heterocycles. The highest BCUT2D eigenvalue weighted by Crippen LogP contribution is 2.28. The quantitative estimate of drug-likeness (QED) is 0.621. The van der Waals surface area contributed by atoms with Gasteiger partial charge in [-0.1, -0.05) is 12.8 Å². The molecule has 0 spiro atoms. The summed E-state index contributed by atoms with van der Waals surface area (Å²) in [5, 5.41) is 3.44. The minimum Gasteiger partial charge on any atom is -0.316 e. The molecule has 0 aromatic rings. The lowest BCUT2D eigenvalue weighted by Gasteiger charge is -2.22. The maximum atomic E-state index is 5.51. The Bertz CT molecular complexity index is 207. The lowest BCUT2D eigenvalue weighted by molar-refractivity contribution is 0.265. The van der Waals surface area contributed by atoms with Gasteiger partial charge in [-0.2, -0.15) is 0 Å². The Morgan fingerprint density at radius 1 is 1.46 bits per heavy atom. The molecule has 0 radical (unpaired) electrons. The molecular weight excluding hydrogens is 160 g/mol. The van der Waals surface area contributed by atoms with Gasteiger partial charge in [0.2, 0.25) is 0 Å². The fraction of sp³-hybridized carbons (Fsp3) is 0.818. The summed E-state index contributed by atoms with van der Waals surface area (Å²) in [5.74, 6) is 4.62. The molecular formula is C11H18N2. The molecule has 2 rings (SSSR count). The number of nitrogens with zero attached hydrogens (tertiary/aromatic N) is 1. The first-order valence-electron chi connectivity index (χ1n) is 5.26. The zero-order valence-corrected chi connectivity index (χ0v) is 8.29. The van der Waals surface area contributed by atoms with Gasteiger partial charge in [0, 0.05) is 13.1 Å². The Kier molecular flexibility index (Phi) is 2.57. The molecule has 0 aliphatic carbocycles. The Morgan fingerprint density at radius 3 is 2.54 bits per heavy atom. The van der Waals surface area contributed by atoms with E-state index in [1.165, 1.54) is 26.2 Å². The third kappa shape index (κ3) is 1.59. The summed E-state index contributed by atoms with van der Waals surface area (Å²) in [5.41, 5.74) is 0. The second-order valence-electron chi connectivity index (χ2n) is 4.22. The molecule has 0 aromatic carbocycles. The van der Waals surface area contributed by atoms with Crippen LogP contribution in [0.15, 0.2) is 0 Å². The lowest BCUT2D eigenvalue weighted by Crippen LogP contribution is -2.34. The number of likely N-dealkylation sites (tertiary alicyclic amines) is 1. The van der Waals surface area contributed by atoms with E-state index in [9.17, 15) is 0 Å². The van der Waals surface area contributed by atoms with Crippen LogP contribution >= 0.6 is 0 Å². The van der Waals surface area contributed by atoms with Crippen LogP contribution in [0, 0.1) is 24.2 Å². The maximum Gasteiger partial charge on any atom is 0.0709 e. The molecule has 2 nitrogen and oxygen atoms in total. The van der Waals surface area contributed by atoms with Gasteiger partial charge in [0.05, 0.1) is 6.04 Å². The van der Waals surface area contributed by atoms with Crippen molar-refractivity contribution in [3.63, 3.8) is 0 Å². The molecule has 3 unspecified atom stereocenters. The molecule has 0 saturated carbocycles. The van der Waals surface area contributed by atoms with Crippen molar-refractivity contribution in [2.45, 2.75) is 19.4 Å². The van der Waals surface area contributed by atoms with Crippen LogP contribution in [0.2, 0.25) is 0 Å². The summed E-state index contributed by atoms with van der Waals surface area (Å²) in [6.45, 7) is 6.99. The molecule has 2 heteroatoms. The second kappa shape index (κ2) is 3.69. The van der Waals surface area contributed by atoms with E-state index in [2.05, 4.69) is 23.1 Å². The average Bonchev–Trinajstić information content (AvgIpc) is 2.65. The van der Waals surface area contributed by atoms with Crippen LogP contribution in [-0.2, 0) is 0 Å². The summed E-state index contributed by atoms with van der Waals surface area (Å²) >= 11 is 0. The molecule has 0 aromatic heterocycles. The topological polar surface area (TPSA) is 15.3 Å². The van der Waals surface area contributed by atoms with E-state index in [0.717, 1.165) is 18.3 Å². The van der Waals surface area contributed by atoms with Gasteiger partial charge in [-0.15, -0.1) is 6.42 Å². The zero-order valence-electron chi connectivity index (χ0n) is 8.29. The van der Waals surface area contributed by atoms with Crippen molar-refractivity contribution >= 4 is 0 Å². The zero-order chi connectivity index (χ0) is 9.26. The Balaban J connectivity index is 1.95. The molecule has 2 saturated heterocycles. The third-order valence-electron chi connectivity index (χ3n) is 3.44. The largest absolute Gasteiger partial charge is 0.316 e. The van der Waals surface area contributed by atoms with Crippen molar-refractivity contribution in [3.05, 3.63) is 0 Å². The van der Waals surface area contributed by atoms with E-state index in [1.54, 1.807) is 0 Å². The van der Waals surface area contributed by atoms with Crippen LogP contribution in [0.3, 0.4) is 0 Å². The molecule has 0 bridgehead atoms. The normalized spacial score (nSPS) is 35.7. The fourth-order valence-electron chi connectivity index (χ4n) is 2.63. The number of hydrogen-bond acceptors (Lipinski definition) is 2. The van der Waals surface area contributed by atoms with E-state index in [4.69, 9.17) is 6.42 Å². The van der Waals surface area contributed by atoms with E-state index in [-0.39, 0.29) is 0 Å². The first-order valence-corrected chi connectivity index (χ1v) is 5.26. The number of rotatable bonds is 2. The molecule has 2 aliphatic rings. The molecule has 72 valence electrons. The van der Waals surface area contributed by atoms with Gasteiger partial charge in [-0.05, 0) is 31.3 Å². The van der Waals surface area contributed by atoms with Crippen LogP contribution < -0.4 is 5.32 Å². The van der Waals surface area contributed by atoms with Crippen LogP contribution in [0.25, 0.3) is 0 Å². The second-order valence-corrected chi connectivity index (χ2v) is 4.22. The molecule has 1 N–H and O–H groups in total. The number of terminal acetylenes is 1. The Hall–Kier alpha value is -0.520. The number of fused-ring (bicyclic) bond motifs is 1. The van der Waals surface area contributed by atoms with Gasteiger partial charge in [-0.3, -0.25) is 4.90 Å². The van der Waals surface area contributed by atoms with Crippen molar-refractivity contribution in [2.75, 3.05) is 26.2 Å². The predicted molar refractivity (Wildman–Crippen MR) is 54.3 cm³/mol. The van der Waals surface area contributed by atoms with Gasteiger partial charge >= 0.3 is 0 Å². The van der Waals surface area contributed by atoms with Crippen molar-refractivity contribution in [3.8, 4) is 12.3 Å². The highest BCUT2D eigenvalue weighted by molar-refractivity contribution is 5.03. The van der Waals surface area contributed by atoms with E-state index < -0.39 is 0 Å². The average molecular weight is 178 g/mol. The molecule has 2 heterocycles. The Morgan fingerprint density at radius 2 is 2.08 bits per heavy atom. The number of hydrogen-bond donors (Lipinski definition) is 1. The van der Waals surface area contributed by atoms with Crippen LogP contribution in [0.5, 0.6) is 0 Å². The van der Waals surface area contributed by atoms with E-state index >= 15 is 0 Å². The van der Waals surface area contributed by atoms with Gasteiger partial charge in [0.25, 0.3) is 0 Å². The summed E-state index contributed by atoms with van der Waals surface area (Å²) < 4.78 is 0. The van der Waals surface area contributed by atoms with Gasteiger partial charge in [0.1, 0.15) is 0 Å². The van der Waals surface area contributed by atoms with Crippen LogP contribution in [-0.4, -0.2) is 37.1 Å². The fourth-order valence-corrected chi connectivity index (χ4v) is 2.63. The summed E-state index contributed by atoms with van der Waals surface area (Å²) in [4.78, 5) is 2.48. The van der Waals surface area contributed by atoms with Crippen molar-refractivity contribution in [2.24, 2.45) is 11.8 Å². The first-order chi connectivity index (χ1) is 6.35. The van der Waals surface area contributed by atoms with Gasteiger partial charge in [0.15, 0.2) is 0 Å². The lowest BCUT2D eigenvalue weighted by atomic mass is 10.0. The minimum atomic E-state index is 0.380. The highest BCUT2D eigenvalue weighted by Gasteiger charge is 2.37. The molecule has 13 heavy (non-hydrogen) atoms. The van der Waals surface area contributed by atoms with Crippen molar-refractivity contribution in [1.82, 2.24) is 10.2 Å². The summed E-state index contributed by atoms with van der Waals surface area (Å²) in [6.07, 6.45) is 6.59. The smallest absolute Gasteiger partial charge is 0.0709 e. The standard InChI is InChI=1S/C11H18N2/c1-3-11(4-2)13-7-9-5-12-6-10(9)8-13/h1,9-12H,4-8H2,2H3. The molecule has 3 atom stereocenters. The van der Waals surface area contributed by atoms with Crippen molar-refractivity contribution in [1.29, 1.82) is 0 Å². The predicted octanol–water partition coefficient (Wildman–Crippen LogP) is 0.549. The molecule has 0 amide bonds. The molecule has 2 fully saturated rings. The van der Waals surface area contributed by atoms with Crippen molar-refractivity contribution < 1.29 is 0 Å². The third-order valence-corrected chi connectivity index (χ3v) is 3.44. The van der Waals surface area contributed by atoms with Gasteiger partial charge in [-0.25, -0.2) is 0 Å². The van der Waals surface area contributed by atoms with E-state index in [0.29, 0.717) is 6.04 Å². The first kappa shape index (κ1) is 9.05. The van der Waals surface area contributed by atoms with Gasteiger partial charge < -0.3 is 5.32 Å². The van der Waals surface area contributed by atoms with Crippen LogP contribution in [0.1, 0.15) is 13.3 Å². The Labute approximate surface area is 80.7 Å². The summed E-state index contributed by atoms with van der Waals surface area (Å²) in [6, 6.07) is 0.380. The summed E-state index contributed by atoms with van der Waals surface area (Å²) in [7, 11) is 0. The van der Waals surface area contributed by atoms with Crippen LogP contribution in [0.4, 0.5) is 0 Å².